The Hall–Kier alpha value is -1.03. The highest BCUT2D eigenvalue weighted by atomic mass is 79.9. The largest absolute Gasteiger partial charge is 0.398 e. The average molecular weight is 313 g/mol. The van der Waals surface area contributed by atoms with E-state index in [1.807, 2.05) is 13.0 Å². The second-order valence-electron chi connectivity index (χ2n) is 5.10. The molecule has 0 fully saturated rings. The SMILES string of the molecule is Cc1c(N)cc(Br)cc1C(=O)NCC(C)C(C)C. The molecule has 3 N–H and O–H groups in total. The van der Waals surface area contributed by atoms with Crippen molar-refractivity contribution in [2.24, 2.45) is 11.8 Å². The predicted octanol–water partition coefficient (Wildman–Crippen LogP) is 3.36. The third-order valence-corrected chi connectivity index (χ3v) is 3.84. The summed E-state index contributed by atoms with van der Waals surface area (Å²) in [7, 11) is 0. The molecule has 100 valence electrons. The zero-order valence-electron chi connectivity index (χ0n) is 11.4. The molecule has 0 saturated heterocycles. The molecule has 0 aromatic heterocycles. The van der Waals surface area contributed by atoms with Crippen molar-refractivity contribution in [3.05, 3.63) is 27.7 Å². The molecule has 0 bridgehead atoms. The molecule has 3 nitrogen and oxygen atoms in total. The highest BCUT2D eigenvalue weighted by Gasteiger charge is 2.14. The van der Waals surface area contributed by atoms with E-state index >= 15 is 0 Å². The third-order valence-electron chi connectivity index (χ3n) is 3.38. The molecule has 4 heteroatoms. The molecule has 0 heterocycles. The lowest BCUT2D eigenvalue weighted by Gasteiger charge is -2.17. The minimum absolute atomic E-state index is 0.0620. The first-order valence-corrected chi connectivity index (χ1v) is 6.96. The lowest BCUT2D eigenvalue weighted by atomic mass is 9.98. The second kappa shape index (κ2) is 6.23. The maximum Gasteiger partial charge on any atom is 0.251 e. The number of benzene rings is 1. The topological polar surface area (TPSA) is 55.1 Å². The number of carbonyl (C=O) groups excluding carboxylic acids is 1. The van der Waals surface area contributed by atoms with E-state index in [0.29, 0.717) is 29.6 Å². The summed E-state index contributed by atoms with van der Waals surface area (Å²) in [6.45, 7) is 8.98. The summed E-state index contributed by atoms with van der Waals surface area (Å²) < 4.78 is 0.827. The van der Waals surface area contributed by atoms with Crippen molar-refractivity contribution >= 4 is 27.5 Å². The quantitative estimate of drug-likeness (QED) is 0.838. The van der Waals surface area contributed by atoms with Gasteiger partial charge in [0, 0.05) is 22.3 Å². The van der Waals surface area contributed by atoms with Crippen LogP contribution in [-0.4, -0.2) is 12.5 Å². The van der Waals surface area contributed by atoms with Crippen LogP contribution in [0.5, 0.6) is 0 Å². The molecular weight excluding hydrogens is 292 g/mol. The van der Waals surface area contributed by atoms with Gasteiger partial charge in [-0.2, -0.15) is 0 Å². The van der Waals surface area contributed by atoms with Gasteiger partial charge in [0.05, 0.1) is 0 Å². The second-order valence-corrected chi connectivity index (χ2v) is 6.01. The molecule has 1 aromatic carbocycles. The number of nitrogens with one attached hydrogen (secondary N) is 1. The first-order chi connectivity index (χ1) is 8.32. The Morgan fingerprint density at radius 1 is 1.39 bits per heavy atom. The monoisotopic (exact) mass is 312 g/mol. The van der Waals surface area contributed by atoms with Crippen molar-refractivity contribution in [2.45, 2.75) is 27.7 Å². The van der Waals surface area contributed by atoms with Crippen LogP contribution in [0.15, 0.2) is 16.6 Å². The fourth-order valence-corrected chi connectivity index (χ4v) is 2.00. The van der Waals surface area contributed by atoms with E-state index in [2.05, 4.69) is 42.0 Å². The lowest BCUT2D eigenvalue weighted by Crippen LogP contribution is -2.30. The van der Waals surface area contributed by atoms with E-state index in [4.69, 9.17) is 5.73 Å². The number of carbonyl (C=O) groups is 1. The Morgan fingerprint density at radius 2 is 2.00 bits per heavy atom. The van der Waals surface area contributed by atoms with E-state index in [9.17, 15) is 4.79 Å². The summed E-state index contributed by atoms with van der Waals surface area (Å²) in [6.07, 6.45) is 0. The van der Waals surface area contributed by atoms with Gasteiger partial charge in [0.25, 0.3) is 5.91 Å². The molecular formula is C14H21BrN2O. The Balaban J connectivity index is 2.79. The van der Waals surface area contributed by atoms with Crippen molar-refractivity contribution in [3.63, 3.8) is 0 Å². The van der Waals surface area contributed by atoms with Crippen LogP contribution in [0.25, 0.3) is 0 Å². The van der Waals surface area contributed by atoms with Crippen LogP contribution in [0.3, 0.4) is 0 Å². The van der Waals surface area contributed by atoms with Crippen LogP contribution in [0.4, 0.5) is 5.69 Å². The summed E-state index contributed by atoms with van der Waals surface area (Å²) in [5, 5.41) is 2.96. The molecule has 1 unspecified atom stereocenters. The maximum atomic E-state index is 12.1. The normalized spacial score (nSPS) is 12.6. The summed E-state index contributed by atoms with van der Waals surface area (Å²) in [4.78, 5) is 12.1. The first kappa shape index (κ1) is 15.0. The fraction of sp³-hybridized carbons (Fsp3) is 0.500. The number of nitrogens with two attached hydrogens (primary N) is 1. The number of hydrogen-bond acceptors (Lipinski definition) is 2. The highest BCUT2D eigenvalue weighted by molar-refractivity contribution is 9.10. The summed E-state index contributed by atoms with van der Waals surface area (Å²) in [5.41, 5.74) is 7.95. The number of nitrogen functional groups attached to an aromatic ring is 1. The van der Waals surface area contributed by atoms with Gasteiger partial charge in [-0.05, 0) is 36.5 Å². The van der Waals surface area contributed by atoms with Crippen molar-refractivity contribution in [1.82, 2.24) is 5.32 Å². The lowest BCUT2D eigenvalue weighted by molar-refractivity contribution is 0.0944. The van der Waals surface area contributed by atoms with Crippen LogP contribution in [0.1, 0.15) is 36.7 Å². The number of hydrogen-bond donors (Lipinski definition) is 2. The summed E-state index contributed by atoms with van der Waals surface area (Å²) in [6, 6.07) is 3.62. The maximum absolute atomic E-state index is 12.1. The van der Waals surface area contributed by atoms with Gasteiger partial charge in [-0.3, -0.25) is 4.79 Å². The van der Waals surface area contributed by atoms with Gasteiger partial charge in [0.1, 0.15) is 0 Å². The summed E-state index contributed by atoms with van der Waals surface area (Å²) in [5.74, 6) is 0.950. The molecule has 0 saturated carbocycles. The smallest absolute Gasteiger partial charge is 0.251 e. The van der Waals surface area contributed by atoms with E-state index < -0.39 is 0 Å². The van der Waals surface area contributed by atoms with Crippen LogP contribution < -0.4 is 11.1 Å². The van der Waals surface area contributed by atoms with Gasteiger partial charge in [-0.15, -0.1) is 0 Å². The Labute approximate surface area is 117 Å². The fourth-order valence-electron chi connectivity index (χ4n) is 1.52. The van der Waals surface area contributed by atoms with Crippen LogP contribution in [0, 0.1) is 18.8 Å². The number of rotatable bonds is 4. The molecule has 0 aliphatic rings. The van der Waals surface area contributed by atoms with Gasteiger partial charge in [0.15, 0.2) is 0 Å². The van der Waals surface area contributed by atoms with E-state index in [1.165, 1.54) is 0 Å². The van der Waals surface area contributed by atoms with Gasteiger partial charge in [0.2, 0.25) is 0 Å². The average Bonchev–Trinajstić information content (AvgIpc) is 2.29. The molecule has 1 amide bonds. The van der Waals surface area contributed by atoms with Crippen molar-refractivity contribution in [2.75, 3.05) is 12.3 Å². The molecule has 1 rings (SSSR count). The molecule has 0 aliphatic heterocycles. The van der Waals surface area contributed by atoms with Crippen molar-refractivity contribution in [1.29, 1.82) is 0 Å². The number of anilines is 1. The van der Waals surface area contributed by atoms with E-state index in [-0.39, 0.29) is 5.91 Å². The highest BCUT2D eigenvalue weighted by Crippen LogP contribution is 2.22. The Bertz CT molecular complexity index is 444. The van der Waals surface area contributed by atoms with Crippen molar-refractivity contribution in [3.8, 4) is 0 Å². The Morgan fingerprint density at radius 3 is 2.56 bits per heavy atom. The summed E-state index contributed by atoms with van der Waals surface area (Å²) >= 11 is 3.36. The zero-order chi connectivity index (χ0) is 13.9. The molecule has 18 heavy (non-hydrogen) atoms. The molecule has 0 aliphatic carbocycles. The van der Waals surface area contributed by atoms with Crippen molar-refractivity contribution < 1.29 is 4.79 Å². The van der Waals surface area contributed by atoms with Crippen LogP contribution in [0.2, 0.25) is 0 Å². The Kier molecular flexibility index (Phi) is 5.20. The van der Waals surface area contributed by atoms with Crippen LogP contribution in [-0.2, 0) is 0 Å². The minimum Gasteiger partial charge on any atom is -0.398 e. The molecule has 0 radical (unpaired) electrons. The minimum atomic E-state index is -0.0620. The predicted molar refractivity (Wildman–Crippen MR) is 79.6 cm³/mol. The number of amides is 1. The number of halogens is 1. The third kappa shape index (κ3) is 3.73. The van der Waals surface area contributed by atoms with Gasteiger partial charge < -0.3 is 11.1 Å². The zero-order valence-corrected chi connectivity index (χ0v) is 13.0. The standard InChI is InChI=1S/C14H21BrN2O/c1-8(2)9(3)7-17-14(18)12-5-11(15)6-13(16)10(12)4/h5-6,8-9H,7,16H2,1-4H3,(H,17,18). The van der Waals surface area contributed by atoms with Crippen LogP contribution >= 0.6 is 15.9 Å². The van der Waals surface area contributed by atoms with Gasteiger partial charge >= 0.3 is 0 Å². The van der Waals surface area contributed by atoms with E-state index in [1.54, 1.807) is 6.07 Å². The molecule has 1 aromatic rings. The van der Waals surface area contributed by atoms with Gasteiger partial charge in [-0.1, -0.05) is 36.7 Å². The molecule has 1 atom stereocenters. The van der Waals surface area contributed by atoms with Gasteiger partial charge in [-0.25, -0.2) is 0 Å². The molecule has 0 spiro atoms. The van der Waals surface area contributed by atoms with E-state index in [0.717, 1.165) is 10.0 Å². The first-order valence-electron chi connectivity index (χ1n) is 6.16.